The maximum Gasteiger partial charge on any atom is 0.308 e. The van der Waals surface area contributed by atoms with Crippen molar-refractivity contribution in [3.8, 4) is 0 Å². The van der Waals surface area contributed by atoms with Crippen LogP contribution in [0.3, 0.4) is 0 Å². The number of carbonyl (C=O) groups is 2. The lowest BCUT2D eigenvalue weighted by molar-refractivity contribution is -0.141. The quantitative estimate of drug-likeness (QED) is 0.799. The molecule has 1 aliphatic rings. The SMILES string of the molecule is CC(C)C(CN1CC(C(=O)O)CC1=O)C(C)C. The molecule has 1 saturated heterocycles. The number of aliphatic carboxylic acids is 1. The number of rotatable bonds is 5. The van der Waals surface area contributed by atoms with Gasteiger partial charge in [0.15, 0.2) is 0 Å². The van der Waals surface area contributed by atoms with Crippen molar-refractivity contribution in [3.63, 3.8) is 0 Å². The minimum atomic E-state index is -0.855. The molecule has 1 atom stereocenters. The highest BCUT2D eigenvalue weighted by molar-refractivity contribution is 5.86. The molecule has 0 saturated carbocycles. The van der Waals surface area contributed by atoms with E-state index in [4.69, 9.17) is 5.11 Å². The van der Waals surface area contributed by atoms with E-state index in [-0.39, 0.29) is 12.3 Å². The van der Waals surface area contributed by atoms with Crippen molar-refractivity contribution in [3.05, 3.63) is 0 Å². The minimum Gasteiger partial charge on any atom is -0.481 e. The Labute approximate surface area is 103 Å². The molecule has 1 amide bonds. The predicted octanol–water partition coefficient (Wildman–Crippen LogP) is 1.85. The summed E-state index contributed by atoms with van der Waals surface area (Å²) in [6.45, 7) is 9.68. The number of nitrogens with zero attached hydrogens (tertiary/aromatic N) is 1. The van der Waals surface area contributed by atoms with Gasteiger partial charge in [-0.1, -0.05) is 27.7 Å². The van der Waals surface area contributed by atoms with Gasteiger partial charge in [-0.3, -0.25) is 9.59 Å². The third-order valence-electron chi connectivity index (χ3n) is 3.71. The third kappa shape index (κ3) is 3.45. The third-order valence-corrected chi connectivity index (χ3v) is 3.71. The van der Waals surface area contributed by atoms with Crippen molar-refractivity contribution < 1.29 is 14.7 Å². The zero-order valence-electron chi connectivity index (χ0n) is 11.1. The van der Waals surface area contributed by atoms with E-state index < -0.39 is 11.9 Å². The summed E-state index contributed by atoms with van der Waals surface area (Å²) in [5.41, 5.74) is 0. The van der Waals surface area contributed by atoms with Gasteiger partial charge in [-0.25, -0.2) is 0 Å². The normalized spacial score (nSPS) is 21.0. The van der Waals surface area contributed by atoms with Crippen LogP contribution < -0.4 is 0 Å². The van der Waals surface area contributed by atoms with Crippen molar-refractivity contribution in [2.45, 2.75) is 34.1 Å². The van der Waals surface area contributed by atoms with E-state index >= 15 is 0 Å². The summed E-state index contributed by atoms with van der Waals surface area (Å²) in [4.78, 5) is 24.3. The Kier molecular flexibility index (Phi) is 4.54. The molecule has 17 heavy (non-hydrogen) atoms. The Morgan fingerprint density at radius 1 is 1.35 bits per heavy atom. The molecule has 0 spiro atoms. The molecule has 98 valence electrons. The van der Waals surface area contributed by atoms with Crippen molar-refractivity contribution >= 4 is 11.9 Å². The molecule has 1 unspecified atom stereocenters. The van der Waals surface area contributed by atoms with Gasteiger partial charge >= 0.3 is 5.97 Å². The molecule has 1 N–H and O–H groups in total. The summed E-state index contributed by atoms with van der Waals surface area (Å²) in [5.74, 6) is 0.0718. The maximum atomic E-state index is 11.7. The van der Waals surface area contributed by atoms with Gasteiger partial charge in [0, 0.05) is 19.5 Å². The summed E-state index contributed by atoms with van der Waals surface area (Å²) in [7, 11) is 0. The first-order valence-electron chi connectivity index (χ1n) is 6.33. The predicted molar refractivity (Wildman–Crippen MR) is 65.5 cm³/mol. The molecule has 0 bridgehead atoms. The van der Waals surface area contributed by atoms with Crippen LogP contribution in [0.15, 0.2) is 0 Å². The van der Waals surface area contributed by atoms with Crippen LogP contribution in [0.2, 0.25) is 0 Å². The number of hydrogen-bond donors (Lipinski definition) is 1. The Morgan fingerprint density at radius 2 is 1.88 bits per heavy atom. The van der Waals surface area contributed by atoms with Gasteiger partial charge in [0.2, 0.25) is 5.91 Å². The first-order chi connectivity index (χ1) is 7.82. The molecule has 1 heterocycles. The fourth-order valence-corrected chi connectivity index (χ4v) is 2.56. The van der Waals surface area contributed by atoms with Crippen LogP contribution in [0.4, 0.5) is 0 Å². The lowest BCUT2D eigenvalue weighted by Crippen LogP contribution is -2.35. The van der Waals surface area contributed by atoms with E-state index in [1.54, 1.807) is 4.90 Å². The molecule has 0 aromatic heterocycles. The minimum absolute atomic E-state index is 0.0105. The summed E-state index contributed by atoms with van der Waals surface area (Å²) in [6, 6.07) is 0. The van der Waals surface area contributed by atoms with Crippen LogP contribution in [0.5, 0.6) is 0 Å². The van der Waals surface area contributed by atoms with Gasteiger partial charge in [-0.15, -0.1) is 0 Å². The van der Waals surface area contributed by atoms with Crippen molar-refractivity contribution in [2.24, 2.45) is 23.7 Å². The monoisotopic (exact) mass is 241 g/mol. The van der Waals surface area contributed by atoms with Crippen molar-refractivity contribution in [1.82, 2.24) is 4.90 Å². The summed E-state index contributed by atoms with van der Waals surface area (Å²) in [6.07, 6.45) is 0.165. The van der Waals surface area contributed by atoms with E-state index in [1.165, 1.54) is 0 Å². The van der Waals surface area contributed by atoms with Crippen molar-refractivity contribution in [1.29, 1.82) is 0 Å². The summed E-state index contributed by atoms with van der Waals surface area (Å²) < 4.78 is 0. The average Bonchev–Trinajstić information content (AvgIpc) is 2.55. The molecule has 1 aliphatic heterocycles. The molecule has 4 heteroatoms. The first-order valence-corrected chi connectivity index (χ1v) is 6.33. The van der Waals surface area contributed by atoms with Crippen LogP contribution in [0, 0.1) is 23.7 Å². The van der Waals surface area contributed by atoms with Gasteiger partial charge < -0.3 is 10.0 Å². The van der Waals surface area contributed by atoms with Gasteiger partial charge in [0.1, 0.15) is 0 Å². The highest BCUT2D eigenvalue weighted by Gasteiger charge is 2.35. The van der Waals surface area contributed by atoms with E-state index in [0.717, 1.165) is 0 Å². The highest BCUT2D eigenvalue weighted by atomic mass is 16.4. The Balaban J connectivity index is 2.62. The molecule has 1 rings (SSSR count). The molecule has 0 aromatic rings. The average molecular weight is 241 g/mol. The van der Waals surface area contributed by atoms with Crippen LogP contribution in [0.25, 0.3) is 0 Å². The van der Waals surface area contributed by atoms with E-state index in [9.17, 15) is 9.59 Å². The van der Waals surface area contributed by atoms with Gasteiger partial charge in [-0.2, -0.15) is 0 Å². The van der Waals surface area contributed by atoms with Gasteiger partial charge in [0.05, 0.1) is 5.92 Å². The fourth-order valence-electron chi connectivity index (χ4n) is 2.56. The molecule has 0 aromatic carbocycles. The van der Waals surface area contributed by atoms with Crippen LogP contribution in [-0.4, -0.2) is 35.0 Å². The Hall–Kier alpha value is -1.06. The van der Waals surface area contributed by atoms with Crippen LogP contribution in [-0.2, 0) is 9.59 Å². The van der Waals surface area contributed by atoms with Gasteiger partial charge in [0.25, 0.3) is 0 Å². The first kappa shape index (κ1) is 14.0. The fraction of sp³-hybridized carbons (Fsp3) is 0.846. The highest BCUT2D eigenvalue weighted by Crippen LogP contribution is 2.25. The second-order valence-electron chi connectivity index (χ2n) is 5.69. The second kappa shape index (κ2) is 5.52. The molecule has 0 radical (unpaired) electrons. The molecular formula is C13H23NO3. The smallest absolute Gasteiger partial charge is 0.308 e. The number of carboxylic acids is 1. The Morgan fingerprint density at radius 3 is 2.24 bits per heavy atom. The molecule has 4 nitrogen and oxygen atoms in total. The Bertz CT molecular complexity index is 291. The molecule has 1 fully saturated rings. The number of carbonyl (C=O) groups excluding carboxylic acids is 1. The molecular weight excluding hydrogens is 218 g/mol. The number of hydrogen-bond acceptors (Lipinski definition) is 2. The van der Waals surface area contributed by atoms with Crippen molar-refractivity contribution in [2.75, 3.05) is 13.1 Å². The zero-order chi connectivity index (χ0) is 13.2. The molecule has 0 aliphatic carbocycles. The van der Waals surface area contributed by atoms with E-state index in [0.29, 0.717) is 30.8 Å². The number of carboxylic acid groups (broad SMARTS) is 1. The number of amides is 1. The number of likely N-dealkylation sites (tertiary alicyclic amines) is 1. The summed E-state index contributed by atoms with van der Waals surface area (Å²) in [5, 5.41) is 8.92. The van der Waals surface area contributed by atoms with Gasteiger partial charge in [-0.05, 0) is 17.8 Å². The van der Waals surface area contributed by atoms with Crippen LogP contribution in [0.1, 0.15) is 34.1 Å². The van der Waals surface area contributed by atoms with E-state index in [1.807, 2.05) is 0 Å². The standard InChI is InChI=1S/C13H23NO3/c1-8(2)11(9(3)4)7-14-6-10(13(16)17)5-12(14)15/h8-11H,5-7H2,1-4H3,(H,16,17). The second-order valence-corrected chi connectivity index (χ2v) is 5.69. The zero-order valence-corrected chi connectivity index (χ0v) is 11.1. The topological polar surface area (TPSA) is 57.6 Å². The van der Waals surface area contributed by atoms with E-state index in [2.05, 4.69) is 27.7 Å². The maximum absolute atomic E-state index is 11.7. The lowest BCUT2D eigenvalue weighted by Gasteiger charge is -2.29. The van der Waals surface area contributed by atoms with Crippen LogP contribution >= 0.6 is 0 Å². The lowest BCUT2D eigenvalue weighted by atomic mass is 9.85. The summed E-state index contributed by atoms with van der Waals surface area (Å²) >= 11 is 0. The largest absolute Gasteiger partial charge is 0.481 e.